The highest BCUT2D eigenvalue weighted by Gasteiger charge is 2.03. The molecular formula is C13H19Cl2N3. The van der Waals surface area contributed by atoms with Crippen molar-refractivity contribution in [2.75, 3.05) is 7.05 Å². The minimum atomic E-state index is 0. The van der Waals surface area contributed by atoms with E-state index in [0.717, 1.165) is 17.9 Å². The van der Waals surface area contributed by atoms with Crippen LogP contribution in [-0.2, 0) is 6.54 Å². The Morgan fingerprint density at radius 1 is 1.17 bits per heavy atom. The number of hydrogen-bond acceptors (Lipinski definition) is 2. The van der Waals surface area contributed by atoms with Crippen molar-refractivity contribution in [3.63, 3.8) is 0 Å². The first-order valence-corrected chi connectivity index (χ1v) is 5.48. The molecule has 2 rings (SSSR count). The van der Waals surface area contributed by atoms with Gasteiger partial charge in [-0.3, -0.25) is 0 Å². The predicted molar refractivity (Wildman–Crippen MR) is 80.3 cm³/mol. The molecule has 100 valence electrons. The fraction of sp³-hybridized carbons (Fsp3) is 0.308. The van der Waals surface area contributed by atoms with Gasteiger partial charge in [0, 0.05) is 12.2 Å². The van der Waals surface area contributed by atoms with E-state index >= 15 is 0 Å². The topological polar surface area (TPSA) is 29.9 Å². The molecule has 0 fully saturated rings. The van der Waals surface area contributed by atoms with Gasteiger partial charge in [-0.25, -0.2) is 4.68 Å². The molecule has 5 heteroatoms. The molecule has 0 aliphatic rings. The highest BCUT2D eigenvalue weighted by atomic mass is 35.5. The Hall–Kier alpha value is -1.03. The molecular weight excluding hydrogens is 269 g/mol. The standard InChI is InChI=1S/C13H17N3.2ClH/c1-10-7-11(2)16(15-10)13-6-4-5-12(8-13)9-14-3;;/h4-8,14H,9H2,1-3H3;2*1H. The number of nitrogens with one attached hydrogen (secondary N) is 1. The first-order chi connectivity index (χ1) is 7.70. The second kappa shape index (κ2) is 7.41. The van der Waals surface area contributed by atoms with E-state index in [1.807, 2.05) is 18.7 Å². The SMILES string of the molecule is CNCc1cccc(-n2nc(C)cc2C)c1.Cl.Cl. The summed E-state index contributed by atoms with van der Waals surface area (Å²) in [6.07, 6.45) is 0. The number of aryl methyl sites for hydroxylation is 2. The summed E-state index contributed by atoms with van der Waals surface area (Å²) in [5, 5.41) is 7.63. The van der Waals surface area contributed by atoms with Gasteiger partial charge < -0.3 is 5.32 Å². The average Bonchev–Trinajstić information content (AvgIpc) is 2.59. The van der Waals surface area contributed by atoms with Crippen LogP contribution in [0.3, 0.4) is 0 Å². The molecule has 18 heavy (non-hydrogen) atoms. The third-order valence-corrected chi connectivity index (χ3v) is 2.55. The van der Waals surface area contributed by atoms with Crippen LogP contribution in [0.15, 0.2) is 30.3 Å². The van der Waals surface area contributed by atoms with Crippen molar-refractivity contribution >= 4 is 24.8 Å². The van der Waals surface area contributed by atoms with Crippen molar-refractivity contribution in [1.82, 2.24) is 15.1 Å². The zero-order chi connectivity index (χ0) is 11.5. The summed E-state index contributed by atoms with van der Waals surface area (Å²) < 4.78 is 1.98. The van der Waals surface area contributed by atoms with E-state index in [-0.39, 0.29) is 24.8 Å². The van der Waals surface area contributed by atoms with Crippen LogP contribution in [0.4, 0.5) is 0 Å². The van der Waals surface area contributed by atoms with Crippen molar-refractivity contribution < 1.29 is 0 Å². The predicted octanol–water partition coefficient (Wildman–Crippen LogP) is 3.05. The largest absolute Gasteiger partial charge is 0.316 e. The van der Waals surface area contributed by atoms with Gasteiger partial charge in [0.2, 0.25) is 0 Å². The fourth-order valence-corrected chi connectivity index (χ4v) is 1.89. The third kappa shape index (κ3) is 3.73. The van der Waals surface area contributed by atoms with E-state index < -0.39 is 0 Å². The molecule has 0 aliphatic carbocycles. The molecule has 2 aromatic rings. The fourth-order valence-electron chi connectivity index (χ4n) is 1.89. The van der Waals surface area contributed by atoms with Gasteiger partial charge in [0.1, 0.15) is 0 Å². The van der Waals surface area contributed by atoms with Crippen molar-refractivity contribution in [2.24, 2.45) is 0 Å². The molecule has 1 aromatic heterocycles. The van der Waals surface area contributed by atoms with Crippen LogP contribution >= 0.6 is 24.8 Å². The lowest BCUT2D eigenvalue weighted by Crippen LogP contribution is -2.06. The van der Waals surface area contributed by atoms with Crippen LogP contribution in [0.5, 0.6) is 0 Å². The van der Waals surface area contributed by atoms with E-state index in [1.54, 1.807) is 0 Å². The number of rotatable bonds is 3. The molecule has 0 saturated carbocycles. The molecule has 0 aliphatic heterocycles. The first-order valence-electron chi connectivity index (χ1n) is 5.48. The molecule has 0 bridgehead atoms. The van der Waals surface area contributed by atoms with E-state index in [4.69, 9.17) is 0 Å². The molecule has 1 aromatic carbocycles. The molecule has 0 radical (unpaired) electrons. The Bertz CT molecular complexity index is 495. The van der Waals surface area contributed by atoms with Crippen molar-refractivity contribution in [3.05, 3.63) is 47.3 Å². The van der Waals surface area contributed by atoms with Crippen molar-refractivity contribution in [3.8, 4) is 5.69 Å². The molecule has 1 heterocycles. The summed E-state index contributed by atoms with van der Waals surface area (Å²) in [7, 11) is 1.95. The maximum atomic E-state index is 4.48. The quantitative estimate of drug-likeness (QED) is 0.940. The van der Waals surface area contributed by atoms with Crippen molar-refractivity contribution in [1.29, 1.82) is 0 Å². The first kappa shape index (κ1) is 17.0. The summed E-state index contributed by atoms with van der Waals surface area (Å²) in [5.41, 5.74) is 4.61. The monoisotopic (exact) mass is 287 g/mol. The Morgan fingerprint density at radius 2 is 1.89 bits per heavy atom. The van der Waals surface area contributed by atoms with Crippen LogP contribution in [0.25, 0.3) is 5.69 Å². The number of nitrogens with zero attached hydrogens (tertiary/aromatic N) is 2. The smallest absolute Gasteiger partial charge is 0.0651 e. The van der Waals surface area contributed by atoms with Gasteiger partial charge >= 0.3 is 0 Å². The van der Waals surface area contributed by atoms with Gasteiger partial charge in [-0.05, 0) is 44.7 Å². The summed E-state index contributed by atoms with van der Waals surface area (Å²) in [5.74, 6) is 0. The highest BCUT2D eigenvalue weighted by Crippen LogP contribution is 2.13. The number of hydrogen-bond donors (Lipinski definition) is 1. The maximum Gasteiger partial charge on any atom is 0.0651 e. The second-order valence-electron chi connectivity index (χ2n) is 4.04. The van der Waals surface area contributed by atoms with Crippen LogP contribution in [-0.4, -0.2) is 16.8 Å². The van der Waals surface area contributed by atoms with E-state index in [0.29, 0.717) is 0 Å². The van der Waals surface area contributed by atoms with Crippen LogP contribution in [0.1, 0.15) is 17.0 Å². The van der Waals surface area contributed by atoms with Gasteiger partial charge in [0.25, 0.3) is 0 Å². The molecule has 1 N–H and O–H groups in total. The lowest BCUT2D eigenvalue weighted by atomic mass is 10.2. The normalized spacial score (nSPS) is 9.50. The van der Waals surface area contributed by atoms with E-state index in [9.17, 15) is 0 Å². The number of aromatic nitrogens is 2. The molecule has 0 amide bonds. The van der Waals surface area contributed by atoms with Gasteiger partial charge in [-0.2, -0.15) is 5.10 Å². The Labute approximate surface area is 120 Å². The molecule has 0 unspecified atom stereocenters. The molecule has 0 saturated heterocycles. The molecule has 0 spiro atoms. The van der Waals surface area contributed by atoms with Gasteiger partial charge in [-0.1, -0.05) is 12.1 Å². The summed E-state index contributed by atoms with van der Waals surface area (Å²) in [6, 6.07) is 10.5. The van der Waals surface area contributed by atoms with Crippen LogP contribution < -0.4 is 5.32 Å². The van der Waals surface area contributed by atoms with Crippen molar-refractivity contribution in [2.45, 2.75) is 20.4 Å². The number of benzene rings is 1. The summed E-state index contributed by atoms with van der Waals surface area (Å²) in [4.78, 5) is 0. The second-order valence-corrected chi connectivity index (χ2v) is 4.04. The van der Waals surface area contributed by atoms with E-state index in [1.165, 1.54) is 11.3 Å². The Morgan fingerprint density at radius 3 is 2.44 bits per heavy atom. The highest BCUT2D eigenvalue weighted by molar-refractivity contribution is 5.85. The van der Waals surface area contributed by atoms with Gasteiger partial charge in [-0.15, -0.1) is 24.8 Å². The zero-order valence-electron chi connectivity index (χ0n) is 10.8. The minimum Gasteiger partial charge on any atom is -0.316 e. The Balaban J connectivity index is 0.00000144. The maximum absolute atomic E-state index is 4.48. The van der Waals surface area contributed by atoms with Gasteiger partial charge in [0.05, 0.1) is 11.4 Å². The number of halogens is 2. The minimum absolute atomic E-state index is 0. The lowest BCUT2D eigenvalue weighted by Gasteiger charge is -2.06. The molecule has 3 nitrogen and oxygen atoms in total. The third-order valence-electron chi connectivity index (χ3n) is 2.55. The van der Waals surface area contributed by atoms with Crippen LogP contribution in [0.2, 0.25) is 0 Å². The Kier molecular flexibility index (Phi) is 6.99. The zero-order valence-corrected chi connectivity index (χ0v) is 12.4. The van der Waals surface area contributed by atoms with Crippen LogP contribution in [0, 0.1) is 13.8 Å². The average molecular weight is 288 g/mol. The van der Waals surface area contributed by atoms with Gasteiger partial charge in [0.15, 0.2) is 0 Å². The van der Waals surface area contributed by atoms with E-state index in [2.05, 4.69) is 47.7 Å². The molecule has 0 atom stereocenters. The summed E-state index contributed by atoms with van der Waals surface area (Å²) in [6.45, 7) is 4.97. The summed E-state index contributed by atoms with van der Waals surface area (Å²) >= 11 is 0. The lowest BCUT2D eigenvalue weighted by molar-refractivity contribution is 0.803.